The van der Waals surface area contributed by atoms with Gasteiger partial charge in [-0.25, -0.2) is 0 Å². The Morgan fingerprint density at radius 2 is 1.06 bits per heavy atom. The van der Waals surface area contributed by atoms with Gasteiger partial charge in [-0.2, -0.15) is 0 Å². The van der Waals surface area contributed by atoms with Gasteiger partial charge in [0.25, 0.3) is 0 Å². The minimum absolute atomic E-state index is 1.18. The first-order chi connectivity index (χ1) is 17.8. The third kappa shape index (κ3) is 2.82. The Morgan fingerprint density at radius 3 is 1.94 bits per heavy atom. The van der Waals surface area contributed by atoms with Crippen molar-refractivity contribution in [2.45, 2.75) is 0 Å². The Kier molecular flexibility index (Phi) is 4.16. The quantitative estimate of drug-likeness (QED) is 0.256. The van der Waals surface area contributed by atoms with E-state index in [4.69, 9.17) is 0 Å². The molecule has 0 radical (unpaired) electrons. The molecule has 168 valence electrons. The van der Waals surface area contributed by atoms with Crippen molar-refractivity contribution in [3.05, 3.63) is 121 Å². The predicted octanol–water partition coefficient (Wildman–Crippen LogP) is 10.2. The molecule has 0 saturated heterocycles. The molecule has 6 aromatic carbocycles. The summed E-state index contributed by atoms with van der Waals surface area (Å²) in [4.78, 5) is 3.69. The second-order valence-corrected chi connectivity index (χ2v) is 10.5. The van der Waals surface area contributed by atoms with Crippen molar-refractivity contribution in [2.24, 2.45) is 0 Å². The molecule has 2 heteroatoms. The summed E-state index contributed by atoms with van der Waals surface area (Å²) in [5.74, 6) is 0. The molecule has 8 rings (SSSR count). The molecule has 2 heterocycles. The third-order valence-electron chi connectivity index (χ3n) is 7.44. The summed E-state index contributed by atoms with van der Waals surface area (Å²) in [6.07, 6.45) is 0. The molecule has 0 aliphatic rings. The molecule has 0 bridgehead atoms. The number of benzene rings is 6. The fraction of sp³-hybridized carbons (Fsp3) is 0. The van der Waals surface area contributed by atoms with E-state index < -0.39 is 0 Å². The molecular formula is C34H21NS. The molecule has 2 aromatic heterocycles. The predicted molar refractivity (Wildman–Crippen MR) is 157 cm³/mol. The Hall–Kier alpha value is -4.40. The lowest BCUT2D eigenvalue weighted by atomic mass is 9.92. The van der Waals surface area contributed by atoms with E-state index >= 15 is 0 Å². The molecule has 0 unspecified atom stereocenters. The van der Waals surface area contributed by atoms with Gasteiger partial charge in [-0.1, -0.05) is 97.1 Å². The summed E-state index contributed by atoms with van der Waals surface area (Å²) in [6, 6.07) is 44.2. The maximum atomic E-state index is 3.69. The van der Waals surface area contributed by atoms with E-state index in [2.05, 4.69) is 126 Å². The van der Waals surface area contributed by atoms with Crippen molar-refractivity contribution in [1.82, 2.24) is 4.98 Å². The number of aromatic amines is 1. The fourth-order valence-corrected chi connectivity index (χ4v) is 6.87. The monoisotopic (exact) mass is 475 g/mol. The van der Waals surface area contributed by atoms with E-state index in [1.807, 2.05) is 11.3 Å². The number of aromatic nitrogens is 1. The lowest BCUT2D eigenvalue weighted by molar-refractivity contribution is 1.54. The highest BCUT2D eigenvalue weighted by atomic mass is 32.1. The molecule has 0 aliphatic carbocycles. The normalized spacial score (nSPS) is 11.9. The van der Waals surface area contributed by atoms with Gasteiger partial charge < -0.3 is 4.98 Å². The highest BCUT2D eigenvalue weighted by Crippen LogP contribution is 2.41. The van der Waals surface area contributed by atoms with Crippen molar-refractivity contribution in [3.8, 4) is 22.3 Å². The first-order valence-corrected chi connectivity index (χ1v) is 13.1. The number of H-pyrrole nitrogens is 1. The molecule has 8 aromatic rings. The molecule has 0 aliphatic heterocycles. The smallest absolute Gasteiger partial charge is 0.0544 e. The first kappa shape index (κ1) is 19.9. The Morgan fingerprint density at radius 1 is 0.417 bits per heavy atom. The van der Waals surface area contributed by atoms with Gasteiger partial charge in [0, 0.05) is 42.0 Å². The summed E-state index contributed by atoms with van der Waals surface area (Å²) in [5, 5.41) is 7.77. The summed E-state index contributed by atoms with van der Waals surface area (Å²) < 4.78 is 2.68. The Labute approximate surface area is 212 Å². The molecule has 0 atom stereocenters. The molecule has 0 spiro atoms. The maximum absolute atomic E-state index is 3.69. The van der Waals surface area contributed by atoms with E-state index in [9.17, 15) is 0 Å². The van der Waals surface area contributed by atoms with Crippen molar-refractivity contribution in [2.75, 3.05) is 0 Å². The van der Waals surface area contributed by atoms with E-state index in [0.717, 1.165) is 0 Å². The number of hydrogen-bond donors (Lipinski definition) is 1. The molecule has 0 saturated carbocycles. The van der Waals surface area contributed by atoms with Crippen molar-refractivity contribution in [1.29, 1.82) is 0 Å². The van der Waals surface area contributed by atoms with Gasteiger partial charge in [-0.15, -0.1) is 11.3 Å². The van der Waals surface area contributed by atoms with Gasteiger partial charge in [0.05, 0.1) is 5.52 Å². The van der Waals surface area contributed by atoms with Crippen LogP contribution in [0.4, 0.5) is 0 Å². The van der Waals surface area contributed by atoms with Crippen LogP contribution in [0.25, 0.3) is 75.0 Å². The molecule has 36 heavy (non-hydrogen) atoms. The van der Waals surface area contributed by atoms with Gasteiger partial charge in [0.15, 0.2) is 0 Å². The van der Waals surface area contributed by atoms with Crippen LogP contribution >= 0.6 is 11.3 Å². The second kappa shape index (κ2) is 7.55. The zero-order chi connectivity index (χ0) is 23.6. The average molecular weight is 476 g/mol. The van der Waals surface area contributed by atoms with Gasteiger partial charge >= 0.3 is 0 Å². The van der Waals surface area contributed by atoms with Crippen molar-refractivity contribution in [3.63, 3.8) is 0 Å². The molecule has 0 fully saturated rings. The summed E-state index contributed by atoms with van der Waals surface area (Å²) in [6.45, 7) is 0. The second-order valence-electron chi connectivity index (χ2n) is 9.41. The van der Waals surface area contributed by atoms with E-state index in [0.29, 0.717) is 0 Å². The molecule has 0 amide bonds. The highest BCUT2D eigenvalue weighted by Gasteiger charge is 2.14. The SMILES string of the molecule is c1ccc2c(c1)[nH]c1c(-c3cccc4c(-c5ccc6sc7ccccc7c6c5)cccc34)cccc12. The van der Waals surface area contributed by atoms with Crippen LogP contribution in [0, 0.1) is 0 Å². The number of para-hydroxylation sites is 2. The van der Waals surface area contributed by atoms with Crippen molar-refractivity contribution < 1.29 is 0 Å². The largest absolute Gasteiger partial charge is 0.354 e. The standard InChI is InChI=1S/C34H21NS/c1-3-16-31-26(8-1)29-15-7-14-28(34(29)35-31)25-13-6-11-23-22(10-5-12-24(23)25)21-18-19-33-30(20-21)27-9-2-4-17-32(27)36-33/h1-20,35H. The van der Waals surface area contributed by atoms with Gasteiger partial charge in [-0.3, -0.25) is 0 Å². The topological polar surface area (TPSA) is 15.8 Å². The number of hydrogen-bond acceptors (Lipinski definition) is 1. The summed E-state index contributed by atoms with van der Waals surface area (Å²) in [5.41, 5.74) is 7.41. The molecule has 1 nitrogen and oxygen atoms in total. The lowest BCUT2D eigenvalue weighted by Crippen LogP contribution is -1.86. The summed E-state index contributed by atoms with van der Waals surface area (Å²) >= 11 is 1.87. The van der Waals surface area contributed by atoms with Crippen LogP contribution in [-0.2, 0) is 0 Å². The van der Waals surface area contributed by atoms with E-state index in [1.54, 1.807) is 0 Å². The maximum Gasteiger partial charge on any atom is 0.0544 e. The van der Waals surface area contributed by atoms with E-state index in [1.165, 1.54) is 75.0 Å². The highest BCUT2D eigenvalue weighted by molar-refractivity contribution is 7.25. The van der Waals surface area contributed by atoms with Crippen molar-refractivity contribution >= 4 is 64.1 Å². The first-order valence-electron chi connectivity index (χ1n) is 12.3. The Bertz CT molecular complexity index is 2110. The van der Waals surface area contributed by atoms with Gasteiger partial charge in [0.2, 0.25) is 0 Å². The minimum atomic E-state index is 1.18. The third-order valence-corrected chi connectivity index (χ3v) is 8.59. The van der Waals surface area contributed by atoms with Crippen LogP contribution in [0.5, 0.6) is 0 Å². The average Bonchev–Trinajstić information content (AvgIpc) is 3.50. The lowest BCUT2D eigenvalue weighted by Gasteiger charge is -2.12. The van der Waals surface area contributed by atoms with Crippen LogP contribution in [0.2, 0.25) is 0 Å². The summed E-state index contributed by atoms with van der Waals surface area (Å²) in [7, 11) is 0. The fourth-order valence-electron chi connectivity index (χ4n) is 5.79. The number of rotatable bonds is 2. The van der Waals surface area contributed by atoms with Crippen LogP contribution in [0.3, 0.4) is 0 Å². The molecule has 1 N–H and O–H groups in total. The van der Waals surface area contributed by atoms with E-state index in [-0.39, 0.29) is 0 Å². The minimum Gasteiger partial charge on any atom is -0.354 e. The Balaban J connectivity index is 1.38. The van der Waals surface area contributed by atoms with Gasteiger partial charge in [0.1, 0.15) is 0 Å². The van der Waals surface area contributed by atoms with Crippen LogP contribution in [-0.4, -0.2) is 4.98 Å². The number of nitrogens with one attached hydrogen (secondary N) is 1. The van der Waals surface area contributed by atoms with Crippen LogP contribution < -0.4 is 0 Å². The zero-order valence-corrected chi connectivity index (χ0v) is 20.3. The molecular weight excluding hydrogens is 454 g/mol. The van der Waals surface area contributed by atoms with Gasteiger partial charge in [-0.05, 0) is 51.7 Å². The van der Waals surface area contributed by atoms with Crippen LogP contribution in [0.15, 0.2) is 121 Å². The zero-order valence-electron chi connectivity index (χ0n) is 19.5. The van der Waals surface area contributed by atoms with Crippen LogP contribution in [0.1, 0.15) is 0 Å². The number of thiophene rings is 1. The number of fused-ring (bicyclic) bond motifs is 7.